The van der Waals surface area contributed by atoms with E-state index in [1.807, 2.05) is 48.5 Å². The molecule has 0 aliphatic rings. The molecular formula is C27H26NO2. The molecule has 0 saturated heterocycles. The van der Waals surface area contributed by atoms with E-state index in [1.54, 1.807) is 0 Å². The van der Waals surface area contributed by atoms with Gasteiger partial charge in [0.2, 0.25) is 0 Å². The first-order valence-corrected chi connectivity index (χ1v) is 10.6. The molecule has 4 aromatic carbocycles. The van der Waals surface area contributed by atoms with Crippen molar-refractivity contribution in [2.24, 2.45) is 0 Å². The maximum atomic E-state index is 12.5. The fraction of sp³-hybridized carbons (Fsp3) is 0.222. The predicted octanol–water partition coefficient (Wildman–Crippen LogP) is 7.13. The Morgan fingerprint density at radius 2 is 1.60 bits per heavy atom. The average Bonchev–Trinajstić information content (AvgIpc) is 2.78. The highest BCUT2D eigenvalue weighted by Gasteiger charge is 2.16. The Morgan fingerprint density at radius 1 is 0.867 bits per heavy atom. The Morgan fingerprint density at radius 3 is 2.40 bits per heavy atom. The first kappa shape index (κ1) is 20.0. The highest BCUT2D eigenvalue weighted by molar-refractivity contribution is 6.07. The summed E-state index contributed by atoms with van der Waals surface area (Å²) in [5.41, 5.74) is 1.83. The SMILES string of the molecule is CCCCCCNC(=O)Oc1ccc2ccccc2c1-c1[c]ccc2ccccc12. The molecule has 0 spiro atoms. The molecule has 0 saturated carbocycles. The van der Waals surface area contributed by atoms with Crippen LogP contribution in [0.5, 0.6) is 5.75 Å². The summed E-state index contributed by atoms with van der Waals surface area (Å²) in [4.78, 5) is 12.5. The number of carbonyl (C=O) groups excluding carboxylic acids is 1. The van der Waals surface area contributed by atoms with E-state index >= 15 is 0 Å². The summed E-state index contributed by atoms with van der Waals surface area (Å²) in [6, 6.07) is 27.6. The van der Waals surface area contributed by atoms with Gasteiger partial charge in [-0.2, -0.15) is 0 Å². The minimum Gasteiger partial charge on any atom is -0.410 e. The number of hydrogen-bond donors (Lipinski definition) is 1. The van der Waals surface area contributed by atoms with Crippen LogP contribution >= 0.6 is 0 Å². The van der Waals surface area contributed by atoms with E-state index < -0.39 is 6.09 Å². The number of benzene rings is 4. The van der Waals surface area contributed by atoms with Crippen molar-refractivity contribution in [1.29, 1.82) is 0 Å². The number of ether oxygens (including phenoxy) is 1. The van der Waals surface area contributed by atoms with Crippen LogP contribution in [0, 0.1) is 6.07 Å². The summed E-state index contributed by atoms with van der Waals surface area (Å²) in [5, 5.41) is 7.24. The van der Waals surface area contributed by atoms with Gasteiger partial charge in [0.05, 0.1) is 0 Å². The number of carbonyl (C=O) groups is 1. The second kappa shape index (κ2) is 9.45. The lowest BCUT2D eigenvalue weighted by Gasteiger charge is -2.15. The molecule has 4 aromatic rings. The Balaban J connectivity index is 1.72. The van der Waals surface area contributed by atoms with Crippen LogP contribution in [0.3, 0.4) is 0 Å². The number of nitrogens with one attached hydrogen (secondary N) is 1. The lowest BCUT2D eigenvalue weighted by Crippen LogP contribution is -2.27. The van der Waals surface area contributed by atoms with E-state index in [0.717, 1.165) is 45.5 Å². The Bertz CT molecular complexity index is 1160. The van der Waals surface area contributed by atoms with Crippen molar-refractivity contribution in [3.05, 3.63) is 78.9 Å². The molecule has 0 aromatic heterocycles. The topological polar surface area (TPSA) is 38.3 Å². The van der Waals surface area contributed by atoms with Crippen molar-refractivity contribution in [2.75, 3.05) is 6.54 Å². The molecule has 151 valence electrons. The minimum atomic E-state index is -0.414. The summed E-state index contributed by atoms with van der Waals surface area (Å²) in [7, 11) is 0. The van der Waals surface area contributed by atoms with E-state index in [2.05, 4.69) is 42.6 Å². The van der Waals surface area contributed by atoms with Crippen LogP contribution in [0.15, 0.2) is 72.8 Å². The van der Waals surface area contributed by atoms with Crippen LogP contribution in [-0.4, -0.2) is 12.6 Å². The zero-order valence-corrected chi connectivity index (χ0v) is 17.3. The van der Waals surface area contributed by atoms with Gasteiger partial charge in [0.25, 0.3) is 0 Å². The predicted molar refractivity (Wildman–Crippen MR) is 124 cm³/mol. The monoisotopic (exact) mass is 396 g/mol. The number of rotatable bonds is 7. The summed E-state index contributed by atoms with van der Waals surface area (Å²) in [6.07, 6.45) is 4.02. The smallest absolute Gasteiger partial charge is 0.410 e. The molecule has 0 fully saturated rings. The normalized spacial score (nSPS) is 11.0. The van der Waals surface area contributed by atoms with Gasteiger partial charge in [-0.3, -0.25) is 0 Å². The lowest BCUT2D eigenvalue weighted by molar-refractivity contribution is 0.200. The Hall–Kier alpha value is -3.33. The summed E-state index contributed by atoms with van der Waals surface area (Å²) >= 11 is 0. The number of unbranched alkanes of at least 4 members (excludes halogenated alkanes) is 3. The van der Waals surface area contributed by atoms with Gasteiger partial charge in [-0.05, 0) is 40.1 Å². The van der Waals surface area contributed by atoms with Crippen molar-refractivity contribution in [1.82, 2.24) is 5.32 Å². The lowest BCUT2D eigenvalue weighted by atomic mass is 9.93. The second-order valence-corrected chi connectivity index (χ2v) is 7.48. The minimum absolute atomic E-state index is 0.414. The summed E-state index contributed by atoms with van der Waals surface area (Å²) in [6.45, 7) is 2.80. The molecule has 3 heteroatoms. The quantitative estimate of drug-likeness (QED) is 0.337. The van der Waals surface area contributed by atoms with Gasteiger partial charge in [0.1, 0.15) is 5.75 Å². The molecule has 0 unspecified atom stereocenters. The zero-order valence-electron chi connectivity index (χ0n) is 17.3. The molecule has 0 heterocycles. The van der Waals surface area contributed by atoms with E-state index in [-0.39, 0.29) is 0 Å². The molecule has 1 amide bonds. The standard InChI is InChI=1S/C27H26NO2/c1-2-3-4-9-19-28-27(29)30-25-18-17-21-12-6-8-15-23(21)26(25)24-16-10-13-20-11-5-7-14-22(20)24/h5-8,10-15,17-18H,2-4,9,19H2,1H3,(H,28,29). The summed E-state index contributed by atoms with van der Waals surface area (Å²) < 4.78 is 5.79. The number of fused-ring (bicyclic) bond motifs is 2. The van der Waals surface area contributed by atoms with Crippen LogP contribution < -0.4 is 10.1 Å². The number of hydrogen-bond acceptors (Lipinski definition) is 2. The molecule has 1 N–H and O–H groups in total. The summed E-state index contributed by atoms with van der Waals surface area (Å²) in [5.74, 6) is 0.548. The average molecular weight is 397 g/mol. The third-order valence-corrected chi connectivity index (χ3v) is 5.36. The van der Waals surface area contributed by atoms with E-state index in [1.165, 1.54) is 12.8 Å². The largest absolute Gasteiger partial charge is 0.412 e. The van der Waals surface area contributed by atoms with E-state index in [0.29, 0.717) is 12.3 Å². The van der Waals surface area contributed by atoms with Gasteiger partial charge in [0.15, 0.2) is 0 Å². The Kier molecular flexibility index (Phi) is 6.29. The van der Waals surface area contributed by atoms with Gasteiger partial charge in [0, 0.05) is 17.7 Å². The van der Waals surface area contributed by atoms with E-state index in [9.17, 15) is 4.79 Å². The first-order chi connectivity index (χ1) is 14.8. The van der Waals surface area contributed by atoms with Gasteiger partial charge in [-0.1, -0.05) is 92.9 Å². The van der Waals surface area contributed by atoms with Crippen LogP contribution in [-0.2, 0) is 0 Å². The van der Waals surface area contributed by atoms with Crippen LogP contribution in [0.25, 0.3) is 32.7 Å². The highest BCUT2D eigenvalue weighted by atomic mass is 16.6. The van der Waals surface area contributed by atoms with Crippen molar-refractivity contribution >= 4 is 27.6 Å². The van der Waals surface area contributed by atoms with Crippen molar-refractivity contribution in [3.8, 4) is 16.9 Å². The molecule has 30 heavy (non-hydrogen) atoms. The molecule has 3 nitrogen and oxygen atoms in total. The first-order valence-electron chi connectivity index (χ1n) is 10.6. The maximum absolute atomic E-state index is 12.5. The number of amides is 1. The zero-order chi connectivity index (χ0) is 20.8. The van der Waals surface area contributed by atoms with Crippen LogP contribution in [0.1, 0.15) is 32.6 Å². The maximum Gasteiger partial charge on any atom is 0.412 e. The Labute approximate surface area is 177 Å². The van der Waals surface area contributed by atoms with Gasteiger partial charge in [-0.15, -0.1) is 0 Å². The molecular weight excluding hydrogens is 370 g/mol. The molecule has 4 rings (SSSR count). The van der Waals surface area contributed by atoms with Gasteiger partial charge in [-0.25, -0.2) is 4.79 Å². The highest BCUT2D eigenvalue weighted by Crippen LogP contribution is 2.40. The van der Waals surface area contributed by atoms with Crippen LogP contribution in [0.2, 0.25) is 0 Å². The van der Waals surface area contributed by atoms with Crippen molar-refractivity contribution in [2.45, 2.75) is 32.6 Å². The van der Waals surface area contributed by atoms with E-state index in [4.69, 9.17) is 4.74 Å². The fourth-order valence-electron chi connectivity index (χ4n) is 3.84. The fourth-order valence-corrected chi connectivity index (χ4v) is 3.84. The molecule has 0 aliphatic heterocycles. The molecule has 0 atom stereocenters. The van der Waals surface area contributed by atoms with Crippen molar-refractivity contribution in [3.63, 3.8) is 0 Å². The van der Waals surface area contributed by atoms with Gasteiger partial charge >= 0.3 is 6.09 Å². The molecule has 0 bridgehead atoms. The molecule has 0 aliphatic carbocycles. The third kappa shape index (κ3) is 4.30. The second-order valence-electron chi connectivity index (χ2n) is 7.48. The van der Waals surface area contributed by atoms with Crippen molar-refractivity contribution < 1.29 is 9.53 Å². The van der Waals surface area contributed by atoms with Gasteiger partial charge < -0.3 is 10.1 Å². The molecule has 1 radical (unpaired) electrons. The third-order valence-electron chi connectivity index (χ3n) is 5.36. The van der Waals surface area contributed by atoms with Crippen LogP contribution in [0.4, 0.5) is 4.79 Å².